The van der Waals surface area contributed by atoms with Crippen LogP contribution in [0.5, 0.6) is 0 Å². The molecular formula is C18H37N5O2. The molecule has 1 saturated heterocycles. The molecule has 2 amide bonds. The van der Waals surface area contributed by atoms with Gasteiger partial charge in [-0.15, -0.1) is 0 Å². The molecule has 1 heterocycles. The van der Waals surface area contributed by atoms with Crippen molar-refractivity contribution in [2.45, 2.75) is 52.1 Å². The fraction of sp³-hybridized carbons (Fsp3) is 0.889. The van der Waals surface area contributed by atoms with Crippen LogP contribution in [0.25, 0.3) is 0 Å². The Morgan fingerprint density at radius 3 is 2.44 bits per heavy atom. The average Bonchev–Trinajstić information content (AvgIpc) is 2.52. The molecule has 0 aliphatic carbocycles. The average molecular weight is 356 g/mol. The molecule has 1 aliphatic heterocycles. The van der Waals surface area contributed by atoms with Gasteiger partial charge in [0.05, 0.1) is 12.6 Å². The highest BCUT2D eigenvalue weighted by Gasteiger charge is 2.32. The summed E-state index contributed by atoms with van der Waals surface area (Å²) in [5.41, 5.74) is 0. The first kappa shape index (κ1) is 21.9. The lowest BCUT2D eigenvalue weighted by Gasteiger charge is -2.39. The van der Waals surface area contributed by atoms with Gasteiger partial charge in [0.25, 0.3) is 0 Å². The quantitative estimate of drug-likeness (QED) is 0.434. The van der Waals surface area contributed by atoms with Crippen LogP contribution < -0.4 is 16.0 Å². The maximum absolute atomic E-state index is 12.2. The van der Waals surface area contributed by atoms with Crippen molar-refractivity contribution in [2.24, 2.45) is 0 Å². The Kier molecular flexibility index (Phi) is 10.7. The zero-order valence-electron chi connectivity index (χ0n) is 16.4. The van der Waals surface area contributed by atoms with Crippen molar-refractivity contribution in [1.82, 2.24) is 25.8 Å². The molecule has 7 nitrogen and oxygen atoms in total. The summed E-state index contributed by atoms with van der Waals surface area (Å²) < 4.78 is 0. The van der Waals surface area contributed by atoms with Gasteiger partial charge in [-0.05, 0) is 26.4 Å². The van der Waals surface area contributed by atoms with Gasteiger partial charge >= 0.3 is 0 Å². The molecule has 0 aromatic heterocycles. The zero-order valence-corrected chi connectivity index (χ0v) is 16.4. The van der Waals surface area contributed by atoms with Crippen LogP contribution in [0.2, 0.25) is 0 Å². The van der Waals surface area contributed by atoms with E-state index < -0.39 is 0 Å². The third-order valence-corrected chi connectivity index (χ3v) is 4.51. The Labute approximate surface area is 152 Å². The molecule has 7 heteroatoms. The van der Waals surface area contributed by atoms with E-state index in [4.69, 9.17) is 0 Å². The smallest absolute Gasteiger partial charge is 0.237 e. The second-order valence-corrected chi connectivity index (χ2v) is 7.17. The van der Waals surface area contributed by atoms with Crippen molar-refractivity contribution < 1.29 is 9.59 Å². The number of rotatable bonds is 13. The monoisotopic (exact) mass is 355 g/mol. The highest BCUT2D eigenvalue weighted by atomic mass is 16.2. The van der Waals surface area contributed by atoms with Gasteiger partial charge in [-0.2, -0.15) is 0 Å². The molecule has 1 fully saturated rings. The molecule has 1 atom stereocenters. The van der Waals surface area contributed by atoms with E-state index in [1.165, 1.54) is 6.42 Å². The van der Waals surface area contributed by atoms with E-state index in [1.54, 1.807) is 0 Å². The first-order chi connectivity index (χ1) is 11.9. The second-order valence-electron chi connectivity index (χ2n) is 7.17. The number of unbranched alkanes of at least 4 members (excludes halogenated alkanes) is 1. The van der Waals surface area contributed by atoms with Crippen molar-refractivity contribution in [3.8, 4) is 0 Å². The van der Waals surface area contributed by atoms with Crippen LogP contribution in [0, 0.1) is 0 Å². The molecule has 0 spiro atoms. The standard InChI is InChI=1S/C18H37N5O2/c1-5-6-10-23-11-7-16(23)18(25)20-9-13-22(4)12-8-19-17(24)14-21-15(2)3/h15-16,21H,5-14H2,1-4H3,(H,19,24)(H,20,25). The fourth-order valence-electron chi connectivity index (χ4n) is 2.71. The van der Waals surface area contributed by atoms with E-state index in [-0.39, 0.29) is 17.9 Å². The Bertz CT molecular complexity index is 403. The van der Waals surface area contributed by atoms with Gasteiger partial charge in [-0.25, -0.2) is 0 Å². The van der Waals surface area contributed by atoms with E-state index in [9.17, 15) is 9.59 Å². The lowest BCUT2D eigenvalue weighted by atomic mass is 10.0. The van der Waals surface area contributed by atoms with E-state index in [0.717, 1.165) is 39.0 Å². The summed E-state index contributed by atoms with van der Waals surface area (Å²) in [5, 5.41) is 9.02. The Morgan fingerprint density at radius 2 is 1.88 bits per heavy atom. The number of carbonyl (C=O) groups is 2. The molecule has 0 radical (unpaired) electrons. The second kappa shape index (κ2) is 12.2. The summed E-state index contributed by atoms with van der Waals surface area (Å²) in [6.45, 7) is 11.5. The van der Waals surface area contributed by atoms with Crippen LogP contribution in [0.3, 0.4) is 0 Å². The number of carbonyl (C=O) groups excluding carboxylic acids is 2. The van der Waals surface area contributed by atoms with Gasteiger partial charge in [0.2, 0.25) is 11.8 Å². The molecule has 0 saturated carbocycles. The van der Waals surface area contributed by atoms with Crippen molar-refractivity contribution in [3.05, 3.63) is 0 Å². The Morgan fingerprint density at radius 1 is 1.20 bits per heavy atom. The SMILES string of the molecule is CCCCN1CCC1C(=O)NCCN(C)CCNC(=O)CNC(C)C. The number of nitrogens with one attached hydrogen (secondary N) is 3. The molecule has 1 unspecified atom stereocenters. The van der Waals surface area contributed by atoms with Crippen molar-refractivity contribution in [3.63, 3.8) is 0 Å². The summed E-state index contributed by atoms with van der Waals surface area (Å²) in [4.78, 5) is 28.2. The molecule has 0 aromatic rings. The number of likely N-dealkylation sites (N-methyl/N-ethyl adjacent to an activating group) is 1. The molecule has 146 valence electrons. The largest absolute Gasteiger partial charge is 0.354 e. The van der Waals surface area contributed by atoms with Crippen LogP contribution in [0.4, 0.5) is 0 Å². The lowest BCUT2D eigenvalue weighted by molar-refractivity contribution is -0.130. The van der Waals surface area contributed by atoms with Crippen LogP contribution in [0.1, 0.15) is 40.0 Å². The lowest BCUT2D eigenvalue weighted by Crippen LogP contribution is -2.56. The van der Waals surface area contributed by atoms with Crippen molar-refractivity contribution in [1.29, 1.82) is 0 Å². The number of hydrogen-bond acceptors (Lipinski definition) is 5. The maximum Gasteiger partial charge on any atom is 0.237 e. The van der Waals surface area contributed by atoms with Gasteiger partial charge in [-0.1, -0.05) is 27.2 Å². The minimum Gasteiger partial charge on any atom is -0.354 e. The summed E-state index contributed by atoms with van der Waals surface area (Å²) in [6, 6.07) is 0.384. The Hall–Kier alpha value is -1.18. The van der Waals surface area contributed by atoms with Crippen LogP contribution in [0.15, 0.2) is 0 Å². The molecular weight excluding hydrogens is 318 g/mol. The minimum absolute atomic E-state index is 0.0209. The van der Waals surface area contributed by atoms with E-state index in [0.29, 0.717) is 25.7 Å². The Balaban J connectivity index is 2.05. The van der Waals surface area contributed by atoms with Gasteiger partial charge in [0.15, 0.2) is 0 Å². The first-order valence-corrected chi connectivity index (χ1v) is 9.64. The predicted molar refractivity (Wildman–Crippen MR) is 102 cm³/mol. The maximum atomic E-state index is 12.2. The normalized spacial score (nSPS) is 17.6. The predicted octanol–water partition coefficient (Wildman–Crippen LogP) is 0.0230. The van der Waals surface area contributed by atoms with Crippen LogP contribution in [-0.4, -0.2) is 86.6 Å². The highest BCUT2D eigenvalue weighted by Crippen LogP contribution is 2.17. The summed E-state index contributed by atoms with van der Waals surface area (Å²) >= 11 is 0. The first-order valence-electron chi connectivity index (χ1n) is 9.64. The van der Waals surface area contributed by atoms with Crippen molar-refractivity contribution >= 4 is 11.8 Å². The summed E-state index contributed by atoms with van der Waals surface area (Å²) in [6.07, 6.45) is 3.30. The third kappa shape index (κ3) is 9.18. The van der Waals surface area contributed by atoms with Gasteiger partial charge in [-0.3, -0.25) is 14.5 Å². The van der Waals surface area contributed by atoms with E-state index in [1.807, 2.05) is 20.9 Å². The number of hydrogen-bond donors (Lipinski definition) is 3. The number of nitrogens with zero attached hydrogens (tertiary/aromatic N) is 2. The highest BCUT2D eigenvalue weighted by molar-refractivity contribution is 5.82. The number of likely N-dealkylation sites (tertiary alicyclic amines) is 1. The molecule has 25 heavy (non-hydrogen) atoms. The topological polar surface area (TPSA) is 76.7 Å². The van der Waals surface area contributed by atoms with E-state index >= 15 is 0 Å². The minimum atomic E-state index is 0.0209. The fourth-order valence-corrected chi connectivity index (χ4v) is 2.71. The van der Waals surface area contributed by atoms with Gasteiger partial charge in [0, 0.05) is 38.8 Å². The molecule has 0 aromatic carbocycles. The van der Waals surface area contributed by atoms with Gasteiger partial charge in [0.1, 0.15) is 0 Å². The molecule has 1 rings (SSSR count). The van der Waals surface area contributed by atoms with Crippen LogP contribution >= 0.6 is 0 Å². The number of amides is 2. The molecule has 1 aliphatic rings. The molecule has 3 N–H and O–H groups in total. The third-order valence-electron chi connectivity index (χ3n) is 4.51. The van der Waals surface area contributed by atoms with E-state index in [2.05, 4.69) is 32.7 Å². The van der Waals surface area contributed by atoms with Gasteiger partial charge < -0.3 is 20.9 Å². The van der Waals surface area contributed by atoms with Crippen molar-refractivity contribution in [2.75, 3.05) is 52.9 Å². The van der Waals surface area contributed by atoms with Crippen LogP contribution in [-0.2, 0) is 9.59 Å². The summed E-state index contributed by atoms with van der Waals surface area (Å²) in [7, 11) is 2.00. The summed E-state index contributed by atoms with van der Waals surface area (Å²) in [5.74, 6) is 0.177. The molecule has 0 bridgehead atoms. The zero-order chi connectivity index (χ0) is 18.7.